The van der Waals surface area contributed by atoms with Crippen LogP contribution >= 0.6 is 0 Å². The van der Waals surface area contributed by atoms with Crippen molar-refractivity contribution in [3.05, 3.63) is 90.5 Å². The minimum absolute atomic E-state index is 0.0634. The zero-order valence-electron chi connectivity index (χ0n) is 23.0. The summed E-state index contributed by atoms with van der Waals surface area (Å²) in [5.41, 5.74) is 1.31. The summed E-state index contributed by atoms with van der Waals surface area (Å²) < 4.78 is 34.1. The Morgan fingerprint density at radius 1 is 0.950 bits per heavy atom. The maximum absolute atomic E-state index is 14.0. The van der Waals surface area contributed by atoms with Crippen molar-refractivity contribution in [2.45, 2.75) is 56.0 Å². The first-order chi connectivity index (χ1) is 19.3. The van der Waals surface area contributed by atoms with Gasteiger partial charge in [0.15, 0.2) is 0 Å². The Labute approximate surface area is 237 Å². The van der Waals surface area contributed by atoms with Gasteiger partial charge in [0.05, 0.1) is 17.7 Å². The molecule has 0 spiro atoms. The minimum atomic E-state index is -4.11. The molecule has 0 radical (unpaired) electrons. The van der Waals surface area contributed by atoms with Crippen molar-refractivity contribution in [1.29, 1.82) is 0 Å². The van der Waals surface area contributed by atoms with E-state index in [1.54, 1.807) is 49.4 Å². The molecule has 1 aliphatic carbocycles. The Hall–Kier alpha value is -3.85. The molecule has 4 rings (SSSR count). The van der Waals surface area contributed by atoms with Crippen LogP contribution < -0.4 is 14.4 Å². The highest BCUT2D eigenvalue weighted by Gasteiger charge is 2.33. The summed E-state index contributed by atoms with van der Waals surface area (Å²) in [7, 11) is -2.61. The number of hydrogen-bond acceptors (Lipinski definition) is 5. The fourth-order valence-corrected chi connectivity index (χ4v) is 6.40. The summed E-state index contributed by atoms with van der Waals surface area (Å²) >= 11 is 0. The topological polar surface area (TPSA) is 96.0 Å². The van der Waals surface area contributed by atoms with Gasteiger partial charge in [0.25, 0.3) is 10.0 Å². The number of carbonyl (C=O) groups excluding carboxylic acids is 2. The number of nitrogens with zero attached hydrogens (tertiary/aromatic N) is 2. The lowest BCUT2D eigenvalue weighted by Gasteiger charge is -2.32. The molecule has 2 amide bonds. The summed E-state index contributed by atoms with van der Waals surface area (Å²) in [4.78, 5) is 28.8. The third-order valence-corrected chi connectivity index (χ3v) is 9.09. The maximum atomic E-state index is 14.0. The van der Waals surface area contributed by atoms with Gasteiger partial charge in [-0.1, -0.05) is 67.4 Å². The molecule has 8 nitrogen and oxygen atoms in total. The number of methoxy groups -OCH3 is 1. The lowest BCUT2D eigenvalue weighted by atomic mass is 10.1. The first kappa shape index (κ1) is 29.1. The van der Waals surface area contributed by atoms with Crippen molar-refractivity contribution < 1.29 is 22.7 Å². The lowest BCUT2D eigenvalue weighted by Crippen LogP contribution is -2.53. The van der Waals surface area contributed by atoms with E-state index in [9.17, 15) is 18.0 Å². The van der Waals surface area contributed by atoms with Gasteiger partial charge in [-0.25, -0.2) is 8.42 Å². The van der Waals surface area contributed by atoms with Crippen LogP contribution in [0.2, 0.25) is 0 Å². The highest BCUT2D eigenvalue weighted by molar-refractivity contribution is 7.92. The van der Waals surface area contributed by atoms with Gasteiger partial charge >= 0.3 is 0 Å². The standard InChI is InChI=1S/C31H37N3O5S/c1-24(31(36)32-26-14-9-10-15-26)33(21-20-25-12-5-3-6-13-25)30(35)23-34(27-16-11-17-28(22-27)39-2)40(37,38)29-18-7-4-8-19-29/h3-8,11-13,16-19,22,24,26H,9-10,14-15,20-21,23H2,1-2H3,(H,32,36)/t24-/m0/s1. The first-order valence-electron chi connectivity index (χ1n) is 13.6. The summed E-state index contributed by atoms with van der Waals surface area (Å²) in [6, 6.07) is 23.6. The molecule has 0 aliphatic heterocycles. The molecule has 212 valence electrons. The van der Waals surface area contributed by atoms with Gasteiger partial charge in [-0.05, 0) is 56.0 Å². The lowest BCUT2D eigenvalue weighted by molar-refractivity contribution is -0.139. The SMILES string of the molecule is COc1cccc(N(CC(=O)N(CCc2ccccc2)[C@@H](C)C(=O)NC2CCCC2)S(=O)(=O)c2ccccc2)c1. The molecule has 0 saturated heterocycles. The van der Waals surface area contributed by atoms with Crippen LogP contribution in [0, 0.1) is 0 Å². The Kier molecular flexibility index (Phi) is 9.82. The van der Waals surface area contributed by atoms with E-state index in [1.807, 2.05) is 30.3 Å². The van der Waals surface area contributed by atoms with Gasteiger partial charge in [-0.2, -0.15) is 0 Å². The van der Waals surface area contributed by atoms with E-state index in [1.165, 1.54) is 24.1 Å². The van der Waals surface area contributed by atoms with Crippen LogP contribution in [0.4, 0.5) is 5.69 Å². The zero-order chi connectivity index (χ0) is 28.5. The Balaban J connectivity index is 1.64. The van der Waals surface area contributed by atoms with E-state index in [0.717, 1.165) is 35.6 Å². The molecular formula is C31H37N3O5S. The van der Waals surface area contributed by atoms with Gasteiger partial charge < -0.3 is 15.0 Å². The molecule has 9 heteroatoms. The number of nitrogens with one attached hydrogen (secondary N) is 1. The van der Waals surface area contributed by atoms with E-state index in [2.05, 4.69) is 5.32 Å². The number of sulfonamides is 1. The van der Waals surface area contributed by atoms with Crippen LogP contribution in [-0.2, 0) is 26.0 Å². The van der Waals surface area contributed by atoms with E-state index in [0.29, 0.717) is 17.9 Å². The Morgan fingerprint density at radius 2 is 1.60 bits per heavy atom. The molecule has 0 heterocycles. The fourth-order valence-electron chi connectivity index (χ4n) is 4.98. The normalized spacial score (nSPS) is 14.3. The first-order valence-corrected chi connectivity index (χ1v) is 15.1. The monoisotopic (exact) mass is 563 g/mol. The summed E-state index contributed by atoms with van der Waals surface area (Å²) in [6.45, 7) is 1.49. The van der Waals surface area contributed by atoms with Crippen molar-refractivity contribution in [3.8, 4) is 5.75 Å². The van der Waals surface area contributed by atoms with Crippen LogP contribution in [0.15, 0.2) is 89.8 Å². The van der Waals surface area contributed by atoms with Crippen molar-refractivity contribution in [3.63, 3.8) is 0 Å². The summed E-state index contributed by atoms with van der Waals surface area (Å²) in [5, 5.41) is 3.09. The number of ether oxygens (including phenoxy) is 1. The van der Waals surface area contributed by atoms with E-state index >= 15 is 0 Å². The Morgan fingerprint density at radius 3 is 2.25 bits per heavy atom. The smallest absolute Gasteiger partial charge is 0.264 e. The number of rotatable bonds is 12. The van der Waals surface area contributed by atoms with Gasteiger partial charge in [-0.15, -0.1) is 0 Å². The van der Waals surface area contributed by atoms with Gasteiger partial charge in [-0.3, -0.25) is 13.9 Å². The molecule has 1 N–H and O–H groups in total. The number of carbonyl (C=O) groups is 2. The number of benzene rings is 3. The molecular weight excluding hydrogens is 526 g/mol. The predicted octanol–water partition coefficient (Wildman–Crippen LogP) is 4.41. The van der Waals surface area contributed by atoms with Crippen molar-refractivity contribution >= 4 is 27.5 Å². The summed E-state index contributed by atoms with van der Waals surface area (Å²) in [5.74, 6) is -0.233. The number of amides is 2. The quantitative estimate of drug-likeness (QED) is 0.352. The highest BCUT2D eigenvalue weighted by Crippen LogP contribution is 2.27. The summed E-state index contributed by atoms with van der Waals surface area (Å²) in [6.07, 6.45) is 4.52. The van der Waals surface area contributed by atoms with E-state index < -0.39 is 28.5 Å². The van der Waals surface area contributed by atoms with Crippen molar-refractivity contribution in [2.24, 2.45) is 0 Å². The average molecular weight is 564 g/mol. The second kappa shape index (κ2) is 13.5. The number of hydrogen-bond donors (Lipinski definition) is 1. The predicted molar refractivity (Wildman–Crippen MR) is 156 cm³/mol. The molecule has 1 aliphatic rings. The van der Waals surface area contributed by atoms with E-state index in [4.69, 9.17) is 4.74 Å². The van der Waals surface area contributed by atoms with E-state index in [-0.39, 0.29) is 23.4 Å². The van der Waals surface area contributed by atoms with Crippen LogP contribution in [0.25, 0.3) is 0 Å². The maximum Gasteiger partial charge on any atom is 0.264 e. The highest BCUT2D eigenvalue weighted by atomic mass is 32.2. The Bertz CT molecular complexity index is 1380. The van der Waals surface area contributed by atoms with Gasteiger partial charge in [0.2, 0.25) is 11.8 Å². The molecule has 0 bridgehead atoms. The van der Waals surface area contributed by atoms with Crippen LogP contribution in [0.1, 0.15) is 38.2 Å². The minimum Gasteiger partial charge on any atom is -0.497 e. The molecule has 1 fully saturated rings. The van der Waals surface area contributed by atoms with Gasteiger partial charge in [0, 0.05) is 18.7 Å². The van der Waals surface area contributed by atoms with Crippen LogP contribution in [0.3, 0.4) is 0 Å². The fraction of sp³-hybridized carbons (Fsp3) is 0.355. The van der Waals surface area contributed by atoms with Crippen LogP contribution in [0.5, 0.6) is 5.75 Å². The molecule has 40 heavy (non-hydrogen) atoms. The van der Waals surface area contributed by atoms with Crippen molar-refractivity contribution in [2.75, 3.05) is 24.5 Å². The largest absolute Gasteiger partial charge is 0.497 e. The molecule has 1 atom stereocenters. The van der Waals surface area contributed by atoms with Gasteiger partial charge in [0.1, 0.15) is 18.3 Å². The second-order valence-corrected chi connectivity index (χ2v) is 11.9. The molecule has 3 aromatic carbocycles. The van der Waals surface area contributed by atoms with Crippen LogP contribution in [-0.4, -0.2) is 57.4 Å². The van der Waals surface area contributed by atoms with Crippen molar-refractivity contribution in [1.82, 2.24) is 10.2 Å². The average Bonchev–Trinajstić information content (AvgIpc) is 3.50. The third kappa shape index (κ3) is 7.21. The number of anilines is 1. The molecule has 1 saturated carbocycles. The molecule has 3 aromatic rings. The molecule has 0 aromatic heterocycles. The second-order valence-electron chi connectivity index (χ2n) is 10.0. The third-order valence-electron chi connectivity index (χ3n) is 7.30. The zero-order valence-corrected chi connectivity index (χ0v) is 23.8. The molecule has 0 unspecified atom stereocenters.